The normalized spacial score (nSPS) is 16.9. The van der Waals surface area contributed by atoms with Gasteiger partial charge >= 0.3 is 11.9 Å². The Balaban J connectivity index is 2.54. The second kappa shape index (κ2) is 8.15. The van der Waals surface area contributed by atoms with E-state index in [2.05, 4.69) is 10.1 Å². The van der Waals surface area contributed by atoms with E-state index in [4.69, 9.17) is 4.74 Å². The van der Waals surface area contributed by atoms with Crippen molar-refractivity contribution in [3.63, 3.8) is 0 Å². The van der Waals surface area contributed by atoms with Crippen LogP contribution in [0.2, 0.25) is 0 Å². The van der Waals surface area contributed by atoms with Gasteiger partial charge in [-0.15, -0.1) is 0 Å². The Morgan fingerprint density at radius 1 is 1.18 bits per heavy atom. The van der Waals surface area contributed by atoms with Crippen molar-refractivity contribution in [2.24, 2.45) is 5.92 Å². The molecule has 1 rings (SSSR count). The van der Waals surface area contributed by atoms with Gasteiger partial charge in [0.2, 0.25) is 5.91 Å². The van der Waals surface area contributed by atoms with Crippen LogP contribution < -0.4 is 5.32 Å². The maximum Gasteiger partial charge on any atom is 0.328 e. The fraction of sp³-hybridized carbons (Fsp3) is 0.812. The van der Waals surface area contributed by atoms with Gasteiger partial charge in [-0.05, 0) is 39.5 Å². The Morgan fingerprint density at radius 3 is 2.27 bits per heavy atom. The molecule has 0 aromatic carbocycles. The van der Waals surface area contributed by atoms with E-state index in [0.717, 1.165) is 25.7 Å². The molecular formula is C16H27NO5. The fourth-order valence-corrected chi connectivity index (χ4v) is 2.62. The van der Waals surface area contributed by atoms with Crippen molar-refractivity contribution in [2.45, 2.75) is 70.9 Å². The smallest absolute Gasteiger partial charge is 0.328 e. The summed E-state index contributed by atoms with van der Waals surface area (Å²) >= 11 is 0. The van der Waals surface area contributed by atoms with Gasteiger partial charge in [-0.1, -0.05) is 12.8 Å². The first-order chi connectivity index (χ1) is 10.2. The quantitative estimate of drug-likeness (QED) is 0.758. The predicted molar refractivity (Wildman–Crippen MR) is 81.0 cm³/mol. The number of methoxy groups -OCH3 is 1. The number of ether oxygens (including phenoxy) is 2. The third kappa shape index (κ3) is 6.91. The van der Waals surface area contributed by atoms with E-state index in [-0.39, 0.29) is 12.3 Å². The largest absolute Gasteiger partial charge is 0.467 e. The number of amides is 1. The van der Waals surface area contributed by atoms with Gasteiger partial charge in [-0.25, -0.2) is 4.79 Å². The Labute approximate surface area is 131 Å². The Hall–Kier alpha value is -1.59. The number of nitrogens with one attached hydrogen (secondary N) is 1. The van der Waals surface area contributed by atoms with Crippen LogP contribution in [0.4, 0.5) is 0 Å². The molecule has 22 heavy (non-hydrogen) atoms. The van der Waals surface area contributed by atoms with E-state index >= 15 is 0 Å². The standard InChI is InChI=1S/C16H27NO5/c1-16(2,3)22-14(19)10-12(15(20)21-4)17-13(18)9-11-7-5-6-8-11/h11-12H,5-10H2,1-4H3,(H,17,18)/t12-/m0/s1. The number of rotatable bonds is 6. The first-order valence-corrected chi connectivity index (χ1v) is 7.80. The second-order valence-electron chi connectivity index (χ2n) is 6.79. The number of esters is 2. The van der Waals surface area contributed by atoms with Crippen molar-refractivity contribution < 1.29 is 23.9 Å². The topological polar surface area (TPSA) is 81.7 Å². The van der Waals surface area contributed by atoms with Crippen molar-refractivity contribution >= 4 is 17.8 Å². The minimum Gasteiger partial charge on any atom is -0.467 e. The average Bonchev–Trinajstić information content (AvgIpc) is 2.87. The Morgan fingerprint density at radius 2 is 1.77 bits per heavy atom. The molecule has 0 aromatic rings. The molecule has 0 aromatic heterocycles. The van der Waals surface area contributed by atoms with Gasteiger partial charge in [0.15, 0.2) is 0 Å². The lowest BCUT2D eigenvalue weighted by molar-refractivity contribution is -0.159. The van der Waals surface area contributed by atoms with E-state index < -0.39 is 23.6 Å². The molecule has 6 heteroatoms. The van der Waals surface area contributed by atoms with Crippen LogP contribution in [0.1, 0.15) is 59.3 Å². The molecule has 1 saturated carbocycles. The number of hydrogen-bond donors (Lipinski definition) is 1. The summed E-state index contributed by atoms with van der Waals surface area (Å²) in [5, 5.41) is 2.60. The lowest BCUT2D eigenvalue weighted by Crippen LogP contribution is -2.44. The molecule has 1 fully saturated rings. The van der Waals surface area contributed by atoms with Crippen molar-refractivity contribution in [3.8, 4) is 0 Å². The molecule has 6 nitrogen and oxygen atoms in total. The zero-order valence-electron chi connectivity index (χ0n) is 13.9. The summed E-state index contributed by atoms with van der Waals surface area (Å²) in [6.07, 6.45) is 4.56. The molecule has 1 atom stereocenters. The van der Waals surface area contributed by atoms with Crippen molar-refractivity contribution in [3.05, 3.63) is 0 Å². The maximum absolute atomic E-state index is 12.0. The minimum atomic E-state index is -0.992. The summed E-state index contributed by atoms with van der Waals surface area (Å²) in [6.45, 7) is 5.24. The summed E-state index contributed by atoms with van der Waals surface area (Å²) in [5.74, 6) is -1.01. The highest BCUT2D eigenvalue weighted by Gasteiger charge is 2.28. The number of carbonyl (C=O) groups is 3. The highest BCUT2D eigenvalue weighted by Crippen LogP contribution is 2.27. The fourth-order valence-electron chi connectivity index (χ4n) is 2.62. The van der Waals surface area contributed by atoms with Crippen LogP contribution in [0.3, 0.4) is 0 Å². The van der Waals surface area contributed by atoms with Crippen LogP contribution in [-0.2, 0) is 23.9 Å². The molecule has 0 heterocycles. The molecule has 126 valence electrons. The highest BCUT2D eigenvalue weighted by atomic mass is 16.6. The van der Waals surface area contributed by atoms with Gasteiger partial charge in [-0.2, -0.15) is 0 Å². The molecule has 0 aliphatic heterocycles. The van der Waals surface area contributed by atoms with Crippen LogP contribution in [0.25, 0.3) is 0 Å². The molecule has 0 bridgehead atoms. The molecule has 1 aliphatic carbocycles. The molecule has 0 radical (unpaired) electrons. The number of carbonyl (C=O) groups excluding carboxylic acids is 3. The summed E-state index contributed by atoms with van der Waals surface area (Å²) in [4.78, 5) is 35.6. The van der Waals surface area contributed by atoms with Gasteiger partial charge in [0.1, 0.15) is 11.6 Å². The summed E-state index contributed by atoms with van der Waals surface area (Å²) < 4.78 is 9.83. The maximum atomic E-state index is 12.0. The van der Waals surface area contributed by atoms with Gasteiger partial charge in [0, 0.05) is 6.42 Å². The molecule has 0 saturated heterocycles. The minimum absolute atomic E-state index is 0.217. The zero-order chi connectivity index (χ0) is 16.8. The zero-order valence-corrected chi connectivity index (χ0v) is 13.9. The van der Waals surface area contributed by atoms with E-state index in [9.17, 15) is 14.4 Å². The third-order valence-corrected chi connectivity index (χ3v) is 3.56. The van der Waals surface area contributed by atoms with Crippen molar-refractivity contribution in [1.29, 1.82) is 0 Å². The Bertz CT molecular complexity index is 407. The van der Waals surface area contributed by atoms with Gasteiger partial charge < -0.3 is 14.8 Å². The molecular weight excluding hydrogens is 286 g/mol. The van der Waals surface area contributed by atoms with E-state index in [1.807, 2.05) is 0 Å². The van der Waals surface area contributed by atoms with Gasteiger partial charge in [-0.3, -0.25) is 9.59 Å². The molecule has 1 aliphatic rings. The first kappa shape index (κ1) is 18.5. The van der Waals surface area contributed by atoms with Crippen LogP contribution >= 0.6 is 0 Å². The summed E-state index contributed by atoms with van der Waals surface area (Å²) in [5.41, 5.74) is -0.633. The van der Waals surface area contributed by atoms with Crippen LogP contribution in [0.5, 0.6) is 0 Å². The second-order valence-corrected chi connectivity index (χ2v) is 6.79. The van der Waals surface area contributed by atoms with Gasteiger partial charge in [0.25, 0.3) is 0 Å². The van der Waals surface area contributed by atoms with Crippen molar-refractivity contribution in [2.75, 3.05) is 7.11 Å². The van der Waals surface area contributed by atoms with E-state index in [1.54, 1.807) is 20.8 Å². The molecule has 0 unspecified atom stereocenters. The average molecular weight is 313 g/mol. The summed E-state index contributed by atoms with van der Waals surface area (Å²) in [6, 6.07) is -0.992. The lowest BCUT2D eigenvalue weighted by Gasteiger charge is -2.22. The predicted octanol–water partition coefficient (Wildman–Crippen LogP) is 1.96. The first-order valence-electron chi connectivity index (χ1n) is 7.80. The van der Waals surface area contributed by atoms with Crippen LogP contribution in [0.15, 0.2) is 0 Å². The summed E-state index contributed by atoms with van der Waals surface area (Å²) in [7, 11) is 1.23. The molecule has 1 N–H and O–H groups in total. The third-order valence-electron chi connectivity index (χ3n) is 3.56. The van der Waals surface area contributed by atoms with Crippen LogP contribution in [0, 0.1) is 5.92 Å². The lowest BCUT2D eigenvalue weighted by atomic mass is 10.0. The van der Waals surface area contributed by atoms with Crippen molar-refractivity contribution in [1.82, 2.24) is 5.32 Å². The van der Waals surface area contributed by atoms with Crippen LogP contribution in [-0.4, -0.2) is 36.6 Å². The Kier molecular flexibility index (Phi) is 6.84. The van der Waals surface area contributed by atoms with E-state index in [1.165, 1.54) is 7.11 Å². The van der Waals surface area contributed by atoms with E-state index in [0.29, 0.717) is 12.3 Å². The highest BCUT2D eigenvalue weighted by molar-refractivity contribution is 5.88. The SMILES string of the molecule is COC(=O)[C@H](CC(=O)OC(C)(C)C)NC(=O)CC1CCCC1. The number of hydrogen-bond acceptors (Lipinski definition) is 5. The molecule has 1 amide bonds. The van der Waals surface area contributed by atoms with Gasteiger partial charge in [0.05, 0.1) is 13.5 Å². The monoisotopic (exact) mass is 313 g/mol. The molecule has 0 spiro atoms.